The summed E-state index contributed by atoms with van der Waals surface area (Å²) in [6.45, 7) is 0.646. The number of fused-ring (bicyclic) bond motifs is 1. The van der Waals surface area contributed by atoms with Gasteiger partial charge in [-0.15, -0.1) is 0 Å². The Morgan fingerprint density at radius 1 is 1.58 bits per heavy atom. The molecule has 0 spiro atoms. The summed E-state index contributed by atoms with van der Waals surface area (Å²) in [6, 6.07) is 3.50. The van der Waals surface area contributed by atoms with Gasteiger partial charge in [0.15, 0.2) is 0 Å². The quantitative estimate of drug-likeness (QED) is 0.695. The molecule has 3 nitrogen and oxygen atoms in total. The van der Waals surface area contributed by atoms with E-state index in [1.54, 1.807) is 6.20 Å². The molecular weight excluding hydrogens is 367 g/mol. The summed E-state index contributed by atoms with van der Waals surface area (Å²) in [5.74, 6) is 0.777. The molecule has 1 aliphatic rings. The fraction of sp³-hybridized carbons (Fsp3) is 0.375. The van der Waals surface area contributed by atoms with Crippen LogP contribution < -0.4 is 4.74 Å². The van der Waals surface area contributed by atoms with E-state index in [1.165, 1.54) is 0 Å². The Morgan fingerprint density at radius 2 is 2.42 bits per heavy atom. The van der Waals surface area contributed by atoms with E-state index in [-0.39, 0.29) is 50.1 Å². The Labute approximate surface area is 107 Å². The van der Waals surface area contributed by atoms with E-state index in [0.717, 1.165) is 17.9 Å². The van der Waals surface area contributed by atoms with Crippen molar-refractivity contribution in [1.82, 2.24) is 4.98 Å². The number of aromatic nitrogens is 1. The zero-order valence-electron chi connectivity index (χ0n) is 6.66. The van der Waals surface area contributed by atoms with Gasteiger partial charge in [-0.05, 0) is 18.6 Å². The second-order valence-electron chi connectivity index (χ2n) is 2.58. The molecule has 1 aromatic heterocycles. The minimum atomic E-state index is -0.194. The molecule has 1 aliphatic heterocycles. The van der Waals surface area contributed by atoms with Gasteiger partial charge < -0.3 is 10.5 Å². The predicted molar refractivity (Wildman–Crippen MR) is 41.4 cm³/mol. The van der Waals surface area contributed by atoms with Crippen LogP contribution >= 0.6 is 0 Å². The molecule has 0 aromatic carbocycles. The predicted octanol–water partition coefficient (Wildman–Crippen LogP) is 1.96. The summed E-state index contributed by atoms with van der Waals surface area (Å²) in [5, 5.41) is 0. The van der Waals surface area contributed by atoms with Crippen LogP contribution in [-0.4, -0.2) is 11.6 Å². The molecule has 1 radical (unpaired) electrons. The molecule has 0 unspecified atom stereocenters. The maximum absolute atomic E-state index is 7.61. The SMILES string of the molecule is [Ac].[NH-][C@@H]1CCOc2cccnc21. The van der Waals surface area contributed by atoms with Gasteiger partial charge in [-0.25, -0.2) is 0 Å². The van der Waals surface area contributed by atoms with E-state index in [0.29, 0.717) is 6.61 Å². The summed E-state index contributed by atoms with van der Waals surface area (Å²) >= 11 is 0. The number of rotatable bonds is 0. The smallest absolute Gasteiger partial charge is 0.139 e. The molecule has 1 N–H and O–H groups in total. The molecule has 12 heavy (non-hydrogen) atoms. The Kier molecular flexibility index (Phi) is 3.96. The van der Waals surface area contributed by atoms with Crippen molar-refractivity contribution < 1.29 is 48.8 Å². The van der Waals surface area contributed by atoms with Crippen LogP contribution in [-0.2, 0) is 0 Å². The van der Waals surface area contributed by atoms with Crippen LogP contribution in [0.25, 0.3) is 5.73 Å². The van der Waals surface area contributed by atoms with E-state index in [2.05, 4.69) is 4.98 Å². The second kappa shape index (κ2) is 4.55. The molecular formula is C8H9AcN2O-. The maximum atomic E-state index is 7.61. The molecule has 4 heteroatoms. The van der Waals surface area contributed by atoms with Crippen molar-refractivity contribution in [3.05, 3.63) is 29.8 Å². The Bertz CT molecular complexity index is 267. The third kappa shape index (κ3) is 1.99. The van der Waals surface area contributed by atoms with Crippen molar-refractivity contribution in [2.75, 3.05) is 6.61 Å². The standard InChI is InChI=1S/C8H9N2O.Ac/c9-6-3-5-11-7-2-1-4-10-8(6)7;/h1-2,4,6,9H,3,5H2;/q-1;/t6-;/m1./s1. The first kappa shape index (κ1) is 10.4. The summed E-state index contributed by atoms with van der Waals surface area (Å²) in [5.41, 5.74) is 8.39. The summed E-state index contributed by atoms with van der Waals surface area (Å²) in [6.07, 6.45) is 2.46. The van der Waals surface area contributed by atoms with E-state index in [9.17, 15) is 0 Å². The van der Waals surface area contributed by atoms with Gasteiger partial charge in [-0.1, -0.05) is 6.04 Å². The molecule has 0 saturated heterocycles. The number of ether oxygens (including phenoxy) is 1. The zero-order chi connectivity index (χ0) is 7.68. The normalized spacial score (nSPS) is 20.2. The van der Waals surface area contributed by atoms with Crippen molar-refractivity contribution >= 4 is 0 Å². The zero-order valence-corrected chi connectivity index (χ0v) is 11.4. The van der Waals surface area contributed by atoms with Crippen LogP contribution in [0.15, 0.2) is 18.3 Å². The van der Waals surface area contributed by atoms with E-state index in [4.69, 9.17) is 10.5 Å². The molecule has 0 fully saturated rings. The number of nitrogens with one attached hydrogen (secondary N) is 1. The number of hydrogen-bond acceptors (Lipinski definition) is 2. The van der Waals surface area contributed by atoms with Gasteiger partial charge in [0.25, 0.3) is 0 Å². The molecule has 1 atom stereocenters. The topological polar surface area (TPSA) is 45.9 Å². The Morgan fingerprint density at radius 3 is 3.17 bits per heavy atom. The largest absolute Gasteiger partial charge is 0.669 e. The molecule has 0 amide bonds. The first-order chi connectivity index (χ1) is 5.38. The fourth-order valence-electron chi connectivity index (χ4n) is 1.21. The minimum Gasteiger partial charge on any atom is -0.669 e. The van der Waals surface area contributed by atoms with Crippen LogP contribution in [0.1, 0.15) is 18.2 Å². The van der Waals surface area contributed by atoms with Gasteiger partial charge in [-0.2, -0.15) is 0 Å². The minimum absolute atomic E-state index is 0. The first-order valence-corrected chi connectivity index (χ1v) is 3.67. The van der Waals surface area contributed by atoms with Gasteiger partial charge in [0, 0.05) is 50.3 Å². The molecule has 1 aromatic rings. The third-order valence-electron chi connectivity index (χ3n) is 1.79. The summed E-state index contributed by atoms with van der Waals surface area (Å²) in [7, 11) is 0. The first-order valence-electron chi connectivity index (χ1n) is 3.67. The number of nitrogens with zero attached hydrogens (tertiary/aromatic N) is 1. The summed E-state index contributed by atoms with van der Waals surface area (Å²) < 4.78 is 5.31. The van der Waals surface area contributed by atoms with Gasteiger partial charge in [0.05, 0.1) is 12.3 Å². The fourth-order valence-corrected chi connectivity index (χ4v) is 1.21. The molecule has 0 aliphatic carbocycles. The number of hydrogen-bond donors (Lipinski definition) is 0. The van der Waals surface area contributed by atoms with Gasteiger partial charge in [-0.3, -0.25) is 4.98 Å². The molecule has 2 heterocycles. The molecule has 2 rings (SSSR count). The van der Waals surface area contributed by atoms with Crippen molar-refractivity contribution in [2.24, 2.45) is 0 Å². The van der Waals surface area contributed by atoms with E-state index in [1.807, 2.05) is 12.1 Å². The average molecular weight is 376 g/mol. The average Bonchev–Trinajstić information content (AvgIpc) is 2.06. The van der Waals surface area contributed by atoms with E-state index >= 15 is 0 Å². The monoisotopic (exact) mass is 376 g/mol. The van der Waals surface area contributed by atoms with Crippen molar-refractivity contribution in [2.45, 2.75) is 12.5 Å². The Hall–Kier alpha value is 0.352. The molecule has 61 valence electrons. The van der Waals surface area contributed by atoms with Gasteiger partial charge >= 0.3 is 0 Å². The number of pyridine rings is 1. The van der Waals surface area contributed by atoms with Crippen molar-refractivity contribution in [3.63, 3.8) is 0 Å². The van der Waals surface area contributed by atoms with Gasteiger partial charge in [0.2, 0.25) is 0 Å². The Balaban J connectivity index is 0.000000720. The second-order valence-corrected chi connectivity index (χ2v) is 2.58. The van der Waals surface area contributed by atoms with Crippen molar-refractivity contribution in [3.8, 4) is 5.75 Å². The molecule has 0 bridgehead atoms. The van der Waals surface area contributed by atoms with E-state index < -0.39 is 0 Å². The van der Waals surface area contributed by atoms with Crippen LogP contribution in [0.3, 0.4) is 0 Å². The van der Waals surface area contributed by atoms with Crippen LogP contribution in [0.4, 0.5) is 0 Å². The van der Waals surface area contributed by atoms with Crippen LogP contribution in [0, 0.1) is 44.1 Å². The summed E-state index contributed by atoms with van der Waals surface area (Å²) in [4.78, 5) is 4.09. The van der Waals surface area contributed by atoms with Crippen molar-refractivity contribution in [1.29, 1.82) is 0 Å². The maximum Gasteiger partial charge on any atom is 0.139 e. The van der Waals surface area contributed by atoms with Gasteiger partial charge in [0.1, 0.15) is 5.75 Å². The third-order valence-corrected chi connectivity index (χ3v) is 1.79. The molecule has 0 saturated carbocycles. The van der Waals surface area contributed by atoms with Crippen LogP contribution in [0.5, 0.6) is 5.75 Å². The van der Waals surface area contributed by atoms with Crippen LogP contribution in [0.2, 0.25) is 0 Å².